The number of aliphatic carboxylic acids is 1. The Morgan fingerprint density at radius 3 is 2.38 bits per heavy atom. The van der Waals surface area contributed by atoms with Crippen LogP contribution in [0.5, 0.6) is 5.75 Å². The summed E-state index contributed by atoms with van der Waals surface area (Å²) < 4.78 is 5.51. The first-order valence-electron chi connectivity index (χ1n) is 7.35. The van der Waals surface area contributed by atoms with Crippen LogP contribution < -0.4 is 10.1 Å². The molecule has 0 aliphatic carbocycles. The number of hydrogen-bond acceptors (Lipinski definition) is 3. The van der Waals surface area contributed by atoms with Crippen molar-refractivity contribution in [2.75, 3.05) is 6.61 Å². The molecule has 0 aromatic heterocycles. The Hall–Kier alpha value is -2.04. The van der Waals surface area contributed by atoms with Crippen molar-refractivity contribution in [2.24, 2.45) is 0 Å². The van der Waals surface area contributed by atoms with Crippen LogP contribution in [-0.4, -0.2) is 29.6 Å². The van der Waals surface area contributed by atoms with Gasteiger partial charge in [0.15, 0.2) is 0 Å². The molecule has 2 N–H and O–H groups in total. The number of carbonyl (C=O) groups excluding carboxylic acids is 1. The van der Waals surface area contributed by atoms with Gasteiger partial charge in [0.1, 0.15) is 11.8 Å². The monoisotopic (exact) mass is 293 g/mol. The third kappa shape index (κ3) is 5.85. The minimum Gasteiger partial charge on any atom is -0.494 e. The van der Waals surface area contributed by atoms with Gasteiger partial charge in [-0.3, -0.25) is 4.79 Å². The molecule has 1 rings (SSSR count). The van der Waals surface area contributed by atoms with Gasteiger partial charge in [-0.2, -0.15) is 0 Å². The molecule has 0 saturated heterocycles. The lowest BCUT2D eigenvalue weighted by Gasteiger charge is -2.13. The Morgan fingerprint density at radius 2 is 1.86 bits per heavy atom. The summed E-state index contributed by atoms with van der Waals surface area (Å²) in [4.78, 5) is 23.0. The highest BCUT2D eigenvalue weighted by Crippen LogP contribution is 2.13. The van der Waals surface area contributed by atoms with E-state index in [9.17, 15) is 9.59 Å². The number of carboxylic acid groups (broad SMARTS) is 1. The van der Waals surface area contributed by atoms with E-state index in [1.807, 2.05) is 6.92 Å². The van der Waals surface area contributed by atoms with Gasteiger partial charge in [-0.05, 0) is 37.1 Å². The van der Waals surface area contributed by atoms with Gasteiger partial charge in [-0.15, -0.1) is 0 Å². The lowest BCUT2D eigenvalue weighted by atomic mass is 10.1. The Kier molecular flexibility index (Phi) is 7.29. The molecule has 0 aliphatic rings. The second-order valence-electron chi connectivity index (χ2n) is 4.88. The smallest absolute Gasteiger partial charge is 0.326 e. The Morgan fingerprint density at radius 1 is 1.19 bits per heavy atom. The zero-order valence-corrected chi connectivity index (χ0v) is 12.6. The quantitative estimate of drug-likeness (QED) is 0.686. The summed E-state index contributed by atoms with van der Waals surface area (Å²) in [5.41, 5.74) is 0.431. The maximum atomic E-state index is 12.0. The van der Waals surface area contributed by atoms with Crippen LogP contribution in [0.2, 0.25) is 0 Å². The number of ether oxygens (including phenoxy) is 1. The third-order valence-corrected chi connectivity index (χ3v) is 3.06. The van der Waals surface area contributed by atoms with Crippen molar-refractivity contribution < 1.29 is 19.4 Å². The molecule has 0 bridgehead atoms. The number of nitrogens with one attached hydrogen (secondary N) is 1. The topological polar surface area (TPSA) is 75.6 Å². The fourth-order valence-corrected chi connectivity index (χ4v) is 1.82. The second kappa shape index (κ2) is 9.00. The van der Waals surface area contributed by atoms with Crippen molar-refractivity contribution in [1.82, 2.24) is 5.32 Å². The van der Waals surface area contributed by atoms with Crippen LogP contribution >= 0.6 is 0 Å². The fraction of sp³-hybridized carbons (Fsp3) is 0.500. The average Bonchev–Trinajstić information content (AvgIpc) is 2.47. The number of carboxylic acids is 1. The van der Waals surface area contributed by atoms with Gasteiger partial charge in [-0.25, -0.2) is 4.79 Å². The zero-order valence-electron chi connectivity index (χ0n) is 12.6. The molecule has 116 valence electrons. The SMILES string of the molecule is CCCCOc1ccc(C(=O)N[C@H](CCC)C(=O)O)cc1. The predicted octanol–water partition coefficient (Wildman–Crippen LogP) is 2.85. The molecule has 1 aromatic rings. The number of amides is 1. The van der Waals surface area contributed by atoms with Crippen LogP contribution in [0, 0.1) is 0 Å². The molecule has 1 amide bonds. The second-order valence-corrected chi connectivity index (χ2v) is 4.88. The minimum atomic E-state index is -1.01. The van der Waals surface area contributed by atoms with E-state index in [1.165, 1.54) is 0 Å². The Labute approximate surface area is 125 Å². The summed E-state index contributed by atoms with van der Waals surface area (Å²) in [7, 11) is 0. The van der Waals surface area contributed by atoms with Crippen molar-refractivity contribution in [1.29, 1.82) is 0 Å². The first-order valence-corrected chi connectivity index (χ1v) is 7.35. The molecule has 0 heterocycles. The molecule has 5 nitrogen and oxygen atoms in total. The van der Waals surface area contributed by atoms with Gasteiger partial charge in [0, 0.05) is 5.56 Å². The van der Waals surface area contributed by atoms with Crippen molar-refractivity contribution in [3.8, 4) is 5.75 Å². The van der Waals surface area contributed by atoms with Crippen LogP contribution in [0.1, 0.15) is 49.9 Å². The van der Waals surface area contributed by atoms with Crippen molar-refractivity contribution in [2.45, 2.75) is 45.6 Å². The van der Waals surface area contributed by atoms with Gasteiger partial charge < -0.3 is 15.2 Å². The van der Waals surface area contributed by atoms with Crippen molar-refractivity contribution >= 4 is 11.9 Å². The predicted molar refractivity (Wildman–Crippen MR) is 80.6 cm³/mol. The van der Waals surface area contributed by atoms with E-state index >= 15 is 0 Å². The van der Waals surface area contributed by atoms with Crippen LogP contribution in [0.15, 0.2) is 24.3 Å². The van der Waals surface area contributed by atoms with E-state index in [4.69, 9.17) is 9.84 Å². The van der Waals surface area contributed by atoms with Gasteiger partial charge in [-0.1, -0.05) is 26.7 Å². The lowest BCUT2D eigenvalue weighted by Crippen LogP contribution is -2.40. The number of unbranched alkanes of at least 4 members (excludes halogenated alkanes) is 1. The van der Waals surface area contributed by atoms with E-state index in [2.05, 4.69) is 12.2 Å². The van der Waals surface area contributed by atoms with Crippen LogP contribution in [-0.2, 0) is 4.79 Å². The number of hydrogen-bond donors (Lipinski definition) is 2. The van der Waals surface area contributed by atoms with E-state index in [0.29, 0.717) is 30.8 Å². The fourth-order valence-electron chi connectivity index (χ4n) is 1.82. The van der Waals surface area contributed by atoms with E-state index in [1.54, 1.807) is 24.3 Å². The lowest BCUT2D eigenvalue weighted by molar-refractivity contribution is -0.139. The maximum absolute atomic E-state index is 12.0. The number of carbonyl (C=O) groups is 2. The normalized spacial score (nSPS) is 11.7. The molecule has 5 heteroatoms. The number of benzene rings is 1. The van der Waals surface area contributed by atoms with E-state index < -0.39 is 12.0 Å². The van der Waals surface area contributed by atoms with Crippen LogP contribution in [0.3, 0.4) is 0 Å². The van der Waals surface area contributed by atoms with Gasteiger partial charge >= 0.3 is 5.97 Å². The van der Waals surface area contributed by atoms with Crippen molar-refractivity contribution in [3.63, 3.8) is 0 Å². The van der Waals surface area contributed by atoms with E-state index in [0.717, 1.165) is 12.8 Å². The molecule has 0 aliphatic heterocycles. The molecule has 21 heavy (non-hydrogen) atoms. The molecular formula is C16H23NO4. The van der Waals surface area contributed by atoms with Gasteiger partial charge in [0.25, 0.3) is 5.91 Å². The Balaban J connectivity index is 2.59. The highest BCUT2D eigenvalue weighted by atomic mass is 16.5. The van der Waals surface area contributed by atoms with Gasteiger partial charge in [0.2, 0.25) is 0 Å². The standard InChI is InChI=1S/C16H23NO4/c1-3-5-11-21-13-9-7-12(8-10-13)15(18)17-14(6-4-2)16(19)20/h7-10,14H,3-6,11H2,1-2H3,(H,17,18)(H,19,20)/t14-/m1/s1. The highest BCUT2D eigenvalue weighted by Gasteiger charge is 2.19. The minimum absolute atomic E-state index is 0.379. The van der Waals surface area contributed by atoms with Crippen LogP contribution in [0.25, 0.3) is 0 Å². The molecule has 0 spiro atoms. The summed E-state index contributed by atoms with van der Waals surface area (Å²) in [6.07, 6.45) is 3.16. The van der Waals surface area contributed by atoms with Gasteiger partial charge in [0.05, 0.1) is 6.61 Å². The summed E-state index contributed by atoms with van der Waals surface area (Å²) in [5, 5.41) is 11.6. The summed E-state index contributed by atoms with van der Waals surface area (Å²) in [5.74, 6) is -0.677. The summed E-state index contributed by atoms with van der Waals surface area (Å²) in [6, 6.07) is 5.88. The average molecular weight is 293 g/mol. The molecule has 1 atom stereocenters. The molecule has 0 fully saturated rings. The zero-order chi connectivity index (χ0) is 15.7. The summed E-state index contributed by atoms with van der Waals surface area (Å²) >= 11 is 0. The van der Waals surface area contributed by atoms with Crippen molar-refractivity contribution in [3.05, 3.63) is 29.8 Å². The molecule has 0 radical (unpaired) electrons. The maximum Gasteiger partial charge on any atom is 0.326 e. The molecule has 1 aromatic carbocycles. The van der Waals surface area contributed by atoms with Crippen LogP contribution in [0.4, 0.5) is 0 Å². The highest BCUT2D eigenvalue weighted by molar-refractivity contribution is 5.96. The van der Waals surface area contributed by atoms with E-state index in [-0.39, 0.29) is 5.91 Å². The third-order valence-electron chi connectivity index (χ3n) is 3.06. The first kappa shape index (κ1) is 17.0. The largest absolute Gasteiger partial charge is 0.494 e. The molecular weight excluding hydrogens is 270 g/mol. The molecule has 0 saturated carbocycles. The summed E-state index contributed by atoms with van der Waals surface area (Å²) in [6.45, 7) is 4.62. The molecule has 0 unspecified atom stereocenters. The number of rotatable bonds is 9. The first-order chi connectivity index (χ1) is 10.1. The Bertz CT molecular complexity index is 456.